The van der Waals surface area contributed by atoms with Crippen molar-refractivity contribution in [2.45, 2.75) is 18.9 Å². The van der Waals surface area contributed by atoms with Crippen LogP contribution in [0.3, 0.4) is 0 Å². The van der Waals surface area contributed by atoms with Gasteiger partial charge < -0.3 is 4.90 Å². The summed E-state index contributed by atoms with van der Waals surface area (Å²) in [7, 11) is 0. The van der Waals surface area contributed by atoms with E-state index in [1.807, 2.05) is 30.3 Å². The third-order valence-corrected chi connectivity index (χ3v) is 5.45. The van der Waals surface area contributed by atoms with E-state index in [0.29, 0.717) is 23.0 Å². The number of amides is 1. The zero-order valence-corrected chi connectivity index (χ0v) is 15.8. The summed E-state index contributed by atoms with van der Waals surface area (Å²) < 4.78 is 13.2. The zero-order chi connectivity index (χ0) is 19.0. The molecule has 1 amide bonds. The normalized spacial score (nSPS) is 15.9. The Morgan fingerprint density at radius 1 is 0.963 bits per heavy atom. The van der Waals surface area contributed by atoms with E-state index in [9.17, 15) is 9.18 Å². The first-order valence-electron chi connectivity index (χ1n) is 8.61. The molecule has 0 saturated heterocycles. The minimum Gasteiger partial charge on any atom is -0.307 e. The number of anilines is 1. The monoisotopic (exact) mass is 399 g/mol. The van der Waals surface area contributed by atoms with Crippen molar-refractivity contribution < 1.29 is 9.18 Å². The molecule has 1 unspecified atom stereocenters. The number of halogens is 3. The smallest absolute Gasteiger partial charge is 0.235 e. The van der Waals surface area contributed by atoms with E-state index in [-0.39, 0.29) is 17.6 Å². The lowest BCUT2D eigenvalue weighted by molar-refractivity contribution is -0.119. The van der Waals surface area contributed by atoms with Crippen molar-refractivity contribution >= 4 is 34.8 Å². The molecule has 0 aliphatic carbocycles. The second-order valence-corrected chi connectivity index (χ2v) is 7.45. The van der Waals surface area contributed by atoms with Gasteiger partial charge >= 0.3 is 0 Å². The number of hydrogen-bond acceptors (Lipinski definition) is 1. The molecule has 1 heterocycles. The molecule has 3 aromatic carbocycles. The number of benzene rings is 3. The minimum atomic E-state index is -0.305. The van der Waals surface area contributed by atoms with Gasteiger partial charge in [-0.2, -0.15) is 0 Å². The maximum atomic E-state index is 13.2. The molecule has 0 spiro atoms. The predicted octanol–water partition coefficient (Wildman–Crippen LogP) is 6.01. The second-order valence-electron chi connectivity index (χ2n) is 6.60. The van der Waals surface area contributed by atoms with Crippen molar-refractivity contribution in [3.8, 4) is 0 Å². The van der Waals surface area contributed by atoms with Gasteiger partial charge in [0.05, 0.1) is 12.5 Å². The van der Waals surface area contributed by atoms with Crippen LogP contribution in [0.25, 0.3) is 0 Å². The van der Waals surface area contributed by atoms with Crippen LogP contribution in [0.1, 0.15) is 22.6 Å². The fourth-order valence-corrected chi connectivity index (χ4v) is 3.99. The van der Waals surface area contributed by atoms with Crippen LogP contribution in [0.4, 0.5) is 10.1 Å². The number of carbonyl (C=O) groups excluding carboxylic acids is 1. The van der Waals surface area contributed by atoms with Crippen molar-refractivity contribution in [1.29, 1.82) is 0 Å². The highest BCUT2D eigenvalue weighted by Gasteiger charge is 2.37. The van der Waals surface area contributed by atoms with Gasteiger partial charge in [0, 0.05) is 15.7 Å². The lowest BCUT2D eigenvalue weighted by atomic mass is 9.93. The van der Waals surface area contributed by atoms with Gasteiger partial charge in [-0.1, -0.05) is 59.6 Å². The Morgan fingerprint density at radius 3 is 2.44 bits per heavy atom. The first kappa shape index (κ1) is 18.0. The van der Waals surface area contributed by atoms with Gasteiger partial charge in [0.25, 0.3) is 0 Å². The van der Waals surface area contributed by atoms with Crippen LogP contribution in [0.5, 0.6) is 0 Å². The summed E-state index contributed by atoms with van der Waals surface area (Å²) in [6, 6.07) is 19.3. The predicted molar refractivity (Wildman–Crippen MR) is 107 cm³/mol. The Hall–Kier alpha value is -2.36. The molecule has 2 nitrogen and oxygen atoms in total. The summed E-state index contributed by atoms with van der Waals surface area (Å²) >= 11 is 12.3. The van der Waals surface area contributed by atoms with Gasteiger partial charge in [0.15, 0.2) is 0 Å². The number of hydrogen-bond donors (Lipinski definition) is 0. The van der Waals surface area contributed by atoms with Crippen molar-refractivity contribution in [3.05, 3.63) is 99.3 Å². The van der Waals surface area contributed by atoms with Gasteiger partial charge in [-0.15, -0.1) is 0 Å². The topological polar surface area (TPSA) is 20.3 Å². The van der Waals surface area contributed by atoms with E-state index >= 15 is 0 Å². The van der Waals surface area contributed by atoms with Gasteiger partial charge in [0.2, 0.25) is 5.91 Å². The summed E-state index contributed by atoms with van der Waals surface area (Å²) in [5.41, 5.74) is 3.64. The number of para-hydroxylation sites is 1. The van der Waals surface area contributed by atoms with E-state index < -0.39 is 0 Å². The molecule has 4 rings (SSSR count). The van der Waals surface area contributed by atoms with Crippen molar-refractivity contribution in [2.75, 3.05) is 4.90 Å². The van der Waals surface area contributed by atoms with Gasteiger partial charge in [-0.3, -0.25) is 4.79 Å². The van der Waals surface area contributed by atoms with Gasteiger partial charge in [-0.25, -0.2) is 4.39 Å². The van der Waals surface area contributed by atoms with Crippen LogP contribution in [0.2, 0.25) is 10.0 Å². The molecule has 0 aromatic heterocycles. The summed E-state index contributed by atoms with van der Waals surface area (Å²) in [6.07, 6.45) is 0.506. The lowest BCUT2D eigenvalue weighted by Gasteiger charge is -2.18. The molecule has 1 atom stereocenters. The third kappa shape index (κ3) is 3.58. The maximum absolute atomic E-state index is 13.2. The minimum absolute atomic E-state index is 0.0199. The molecule has 136 valence electrons. The number of carbonyl (C=O) groups is 1. The Kier molecular flexibility index (Phi) is 4.90. The van der Waals surface area contributed by atoms with Crippen LogP contribution in [0, 0.1) is 5.82 Å². The van der Waals surface area contributed by atoms with E-state index in [4.69, 9.17) is 23.2 Å². The molecule has 3 aromatic rings. The van der Waals surface area contributed by atoms with Crippen LogP contribution in [-0.4, -0.2) is 5.91 Å². The van der Waals surface area contributed by atoms with Crippen LogP contribution >= 0.6 is 23.2 Å². The standard InChI is InChI=1S/C22H16Cl2FNO/c23-16-8-7-15(20(24)12-16)11-19-18-3-1-2-4-21(18)26(22(19)27)13-14-5-9-17(25)10-6-14/h1-10,12,19H,11,13H2. The number of fused-ring (bicyclic) bond motifs is 1. The molecule has 1 aliphatic heterocycles. The Balaban J connectivity index is 1.65. The Labute approximate surface area is 167 Å². The van der Waals surface area contributed by atoms with Crippen LogP contribution in [0.15, 0.2) is 66.7 Å². The molecular weight excluding hydrogens is 384 g/mol. The molecule has 1 aliphatic rings. The highest BCUT2D eigenvalue weighted by Crippen LogP contribution is 2.40. The van der Waals surface area contributed by atoms with Gasteiger partial charge in [0.1, 0.15) is 5.82 Å². The molecule has 0 saturated carbocycles. The van der Waals surface area contributed by atoms with Crippen molar-refractivity contribution in [3.63, 3.8) is 0 Å². The first-order chi connectivity index (χ1) is 13.0. The van der Waals surface area contributed by atoms with Gasteiger partial charge in [-0.05, 0) is 53.4 Å². The van der Waals surface area contributed by atoms with Crippen LogP contribution in [-0.2, 0) is 17.8 Å². The lowest BCUT2D eigenvalue weighted by Crippen LogP contribution is -2.29. The SMILES string of the molecule is O=C1C(Cc2ccc(Cl)cc2Cl)c2ccccc2N1Cc1ccc(F)cc1. The van der Waals surface area contributed by atoms with E-state index in [1.165, 1.54) is 12.1 Å². The quantitative estimate of drug-likeness (QED) is 0.526. The van der Waals surface area contributed by atoms with E-state index in [2.05, 4.69) is 0 Å². The summed E-state index contributed by atoms with van der Waals surface area (Å²) in [5.74, 6) is -0.575. The number of rotatable bonds is 4. The molecule has 0 fully saturated rings. The molecule has 27 heavy (non-hydrogen) atoms. The zero-order valence-electron chi connectivity index (χ0n) is 14.3. The Morgan fingerprint density at radius 2 is 1.70 bits per heavy atom. The highest BCUT2D eigenvalue weighted by atomic mass is 35.5. The summed E-state index contributed by atoms with van der Waals surface area (Å²) in [5, 5.41) is 1.13. The summed E-state index contributed by atoms with van der Waals surface area (Å²) in [6.45, 7) is 0.404. The highest BCUT2D eigenvalue weighted by molar-refractivity contribution is 6.35. The third-order valence-electron chi connectivity index (χ3n) is 4.86. The first-order valence-corrected chi connectivity index (χ1v) is 9.37. The fraction of sp³-hybridized carbons (Fsp3) is 0.136. The largest absolute Gasteiger partial charge is 0.307 e. The van der Waals surface area contributed by atoms with E-state index in [0.717, 1.165) is 22.4 Å². The fourth-order valence-electron chi connectivity index (χ4n) is 3.51. The van der Waals surface area contributed by atoms with Crippen LogP contribution < -0.4 is 4.90 Å². The van der Waals surface area contributed by atoms with Crippen molar-refractivity contribution in [1.82, 2.24) is 0 Å². The van der Waals surface area contributed by atoms with Crippen molar-refractivity contribution in [2.24, 2.45) is 0 Å². The maximum Gasteiger partial charge on any atom is 0.235 e. The molecule has 0 bridgehead atoms. The van der Waals surface area contributed by atoms with E-state index in [1.54, 1.807) is 29.2 Å². The summed E-state index contributed by atoms with van der Waals surface area (Å²) in [4.78, 5) is 15.0. The average molecular weight is 400 g/mol. The second kappa shape index (κ2) is 7.34. The molecule has 5 heteroatoms. The molecular formula is C22H16Cl2FNO. The molecule has 0 N–H and O–H groups in total. The number of nitrogens with zero attached hydrogens (tertiary/aromatic N) is 1. The Bertz CT molecular complexity index is 1000. The molecule has 0 radical (unpaired) electrons. The average Bonchev–Trinajstić information content (AvgIpc) is 2.91.